The molecule has 14 N–H and O–H groups in total. The van der Waals surface area contributed by atoms with Crippen LogP contribution in [0.1, 0.15) is 71.3 Å². The molecule has 0 saturated carbocycles. The van der Waals surface area contributed by atoms with Gasteiger partial charge in [-0.05, 0) is 82.0 Å². The zero-order valence-corrected chi connectivity index (χ0v) is 30.7. The first-order valence-corrected chi connectivity index (χ1v) is 17.6. The molecule has 0 saturated heterocycles. The molecular formula is C35H57N9O9. The molecule has 0 spiro atoms. The lowest BCUT2D eigenvalue weighted by Gasteiger charge is -2.27. The molecule has 0 bridgehead atoms. The Bertz CT molecular complexity index is 1390. The fourth-order valence-corrected chi connectivity index (χ4v) is 5.11. The van der Waals surface area contributed by atoms with Crippen LogP contribution in [0, 0.1) is 5.92 Å². The number of urea groups is 1. The molecule has 0 unspecified atom stereocenters. The van der Waals surface area contributed by atoms with Crippen molar-refractivity contribution < 1.29 is 43.8 Å². The maximum absolute atomic E-state index is 13.7. The molecule has 1 aromatic rings. The quantitative estimate of drug-likeness (QED) is 0.0425. The number of phenolic OH excluding ortho intramolecular Hbond substituents is 1. The third kappa shape index (κ3) is 18.2. The number of primary amides is 1. The van der Waals surface area contributed by atoms with Crippen LogP contribution in [0.25, 0.3) is 0 Å². The Morgan fingerprint density at radius 3 is 1.74 bits per heavy atom. The number of carbonyl (C=O) groups is 7. The van der Waals surface area contributed by atoms with E-state index in [0.717, 1.165) is 0 Å². The van der Waals surface area contributed by atoms with Crippen molar-refractivity contribution in [1.29, 1.82) is 0 Å². The second-order valence-corrected chi connectivity index (χ2v) is 13.2. The molecular weight excluding hydrogens is 690 g/mol. The first-order valence-electron chi connectivity index (χ1n) is 17.6. The molecule has 0 aliphatic heterocycles. The molecule has 0 heterocycles. The van der Waals surface area contributed by atoms with E-state index in [0.29, 0.717) is 24.9 Å². The molecule has 0 aliphatic carbocycles. The fraction of sp³-hybridized carbons (Fsp3) is 0.571. The number of nitrogens with one attached hydrogen (secondary N) is 6. The van der Waals surface area contributed by atoms with Crippen molar-refractivity contribution in [1.82, 2.24) is 31.9 Å². The number of carboxylic acid groups (broad SMARTS) is 1. The van der Waals surface area contributed by atoms with Crippen molar-refractivity contribution >= 4 is 41.5 Å². The third-order valence-electron chi connectivity index (χ3n) is 7.96. The van der Waals surface area contributed by atoms with Crippen LogP contribution in [-0.2, 0) is 35.2 Å². The number of aliphatic carboxylic acids is 1. The summed E-state index contributed by atoms with van der Waals surface area (Å²) in [4.78, 5) is 89.7. The van der Waals surface area contributed by atoms with Crippen LogP contribution in [0.2, 0.25) is 0 Å². The lowest BCUT2D eigenvalue weighted by Crippen LogP contribution is -2.59. The van der Waals surface area contributed by atoms with E-state index in [1.165, 1.54) is 25.1 Å². The Morgan fingerprint density at radius 2 is 1.23 bits per heavy atom. The summed E-state index contributed by atoms with van der Waals surface area (Å²) in [6, 6.07) is -1.94. The topological polar surface area (TPSA) is 310 Å². The highest BCUT2D eigenvalue weighted by Gasteiger charge is 2.32. The number of benzene rings is 1. The van der Waals surface area contributed by atoms with Gasteiger partial charge in [0.15, 0.2) is 0 Å². The number of nitrogens with two attached hydrogens (primary N) is 3. The van der Waals surface area contributed by atoms with Gasteiger partial charge in [0.2, 0.25) is 29.5 Å². The zero-order valence-electron chi connectivity index (χ0n) is 30.7. The Labute approximate surface area is 309 Å². The smallest absolute Gasteiger partial charge is 0.326 e. The van der Waals surface area contributed by atoms with E-state index in [1.54, 1.807) is 26.0 Å². The summed E-state index contributed by atoms with van der Waals surface area (Å²) in [6.07, 6.45) is 2.71. The predicted octanol–water partition coefficient (Wildman–Crippen LogP) is -1.01. The molecule has 0 radical (unpaired) electrons. The van der Waals surface area contributed by atoms with Gasteiger partial charge >= 0.3 is 12.0 Å². The van der Waals surface area contributed by atoms with E-state index < -0.39 is 77.8 Å². The van der Waals surface area contributed by atoms with Gasteiger partial charge in [0.05, 0.1) is 6.04 Å². The molecule has 18 nitrogen and oxygen atoms in total. The predicted molar refractivity (Wildman–Crippen MR) is 197 cm³/mol. The Balaban J connectivity index is 3.30. The number of carboxylic acids is 1. The van der Waals surface area contributed by atoms with Crippen LogP contribution in [0.4, 0.5) is 4.79 Å². The van der Waals surface area contributed by atoms with E-state index in [1.807, 2.05) is 0 Å². The summed E-state index contributed by atoms with van der Waals surface area (Å²) >= 11 is 0. The highest BCUT2D eigenvalue weighted by Crippen LogP contribution is 2.13. The number of carbonyl (C=O) groups excluding carboxylic acids is 6. The van der Waals surface area contributed by atoms with Gasteiger partial charge in [-0.2, -0.15) is 0 Å². The van der Waals surface area contributed by atoms with Gasteiger partial charge in [-0.15, -0.1) is 6.58 Å². The van der Waals surface area contributed by atoms with Crippen molar-refractivity contribution in [2.24, 2.45) is 23.1 Å². The van der Waals surface area contributed by atoms with Crippen molar-refractivity contribution in [3.63, 3.8) is 0 Å². The number of rotatable bonds is 25. The molecule has 0 aromatic heterocycles. The van der Waals surface area contributed by atoms with Crippen LogP contribution in [-0.4, -0.2) is 101 Å². The molecule has 18 heteroatoms. The van der Waals surface area contributed by atoms with Gasteiger partial charge in [-0.3, -0.25) is 24.0 Å². The molecule has 53 heavy (non-hydrogen) atoms. The van der Waals surface area contributed by atoms with Crippen LogP contribution < -0.4 is 49.1 Å². The van der Waals surface area contributed by atoms with Crippen LogP contribution in [0.3, 0.4) is 0 Å². The monoisotopic (exact) mass is 747 g/mol. The Hall–Kier alpha value is -5.23. The summed E-state index contributed by atoms with van der Waals surface area (Å²) in [5, 5.41) is 34.7. The standard InChI is InChI=1S/C35H57N9O9/c1-5-9-24(30(47)43-27(19-22-12-14-23(45)15-13-22)33(50)44-28(34(51)52)18-20(2)3)41-31(48)25(10-6-7-16-36)42-32(49)26(40-29(46)21(4)37)11-8-17-39-35(38)53/h5,12-15,20-21,24-28,45H,1,6-11,16-19,36-37H2,2-4H3,(H,40,46)(H,41,48)(H,42,49)(H,43,47)(H,44,50)(H,51,52)(H3,38,39,53)/t21-,24-,25-,26-,27-,28-/m0/s1. The highest BCUT2D eigenvalue weighted by molar-refractivity contribution is 5.96. The maximum Gasteiger partial charge on any atom is 0.326 e. The summed E-state index contributed by atoms with van der Waals surface area (Å²) in [5.74, 6) is -4.98. The largest absolute Gasteiger partial charge is 0.508 e. The number of amides is 7. The molecule has 0 aliphatic rings. The average Bonchev–Trinajstić information content (AvgIpc) is 3.08. The van der Waals surface area contributed by atoms with Gasteiger partial charge in [0, 0.05) is 13.0 Å². The Kier molecular flexibility index (Phi) is 20.8. The van der Waals surface area contributed by atoms with E-state index in [4.69, 9.17) is 17.2 Å². The Morgan fingerprint density at radius 1 is 0.736 bits per heavy atom. The van der Waals surface area contributed by atoms with Crippen LogP contribution >= 0.6 is 0 Å². The summed E-state index contributed by atoms with van der Waals surface area (Å²) in [7, 11) is 0. The van der Waals surface area contributed by atoms with Crippen LogP contribution in [0.15, 0.2) is 36.9 Å². The van der Waals surface area contributed by atoms with Crippen molar-refractivity contribution in [3.05, 3.63) is 42.5 Å². The molecule has 1 aromatic carbocycles. The van der Waals surface area contributed by atoms with Gasteiger partial charge < -0.3 is 59.3 Å². The fourth-order valence-electron chi connectivity index (χ4n) is 5.11. The number of phenols is 1. The second kappa shape index (κ2) is 24.1. The molecule has 7 amide bonds. The summed E-state index contributed by atoms with van der Waals surface area (Å²) in [5.41, 5.74) is 17.0. The second-order valence-electron chi connectivity index (χ2n) is 13.2. The lowest BCUT2D eigenvalue weighted by molar-refractivity contribution is -0.142. The minimum Gasteiger partial charge on any atom is -0.508 e. The van der Waals surface area contributed by atoms with Gasteiger partial charge in [-0.25, -0.2) is 9.59 Å². The van der Waals surface area contributed by atoms with E-state index in [2.05, 4.69) is 38.5 Å². The van der Waals surface area contributed by atoms with Crippen molar-refractivity contribution in [2.45, 2.75) is 108 Å². The van der Waals surface area contributed by atoms with Gasteiger partial charge in [0.1, 0.15) is 36.0 Å². The number of unbranched alkanes of at least 4 members (excludes halogenated alkanes) is 1. The zero-order chi connectivity index (χ0) is 40.1. The van der Waals surface area contributed by atoms with Crippen molar-refractivity contribution in [3.8, 4) is 5.75 Å². The SMILES string of the molecule is C=CC[C@H](NC(=O)[C@H](CCCCN)NC(=O)[C@H](CCCNC(N)=O)NC(=O)[C@H](C)N)C(=O)N[C@@H](Cc1ccc(O)cc1)C(=O)N[C@@H](CC(C)C)C(=O)O. The normalized spacial score (nSPS) is 14.3. The molecule has 0 fully saturated rings. The van der Waals surface area contributed by atoms with E-state index >= 15 is 0 Å². The highest BCUT2D eigenvalue weighted by atomic mass is 16.4. The first kappa shape index (κ1) is 45.8. The maximum atomic E-state index is 13.7. The minimum absolute atomic E-state index is 0.0220. The minimum atomic E-state index is -1.29. The number of hydrogen-bond donors (Lipinski definition) is 11. The summed E-state index contributed by atoms with van der Waals surface area (Å²) in [6.45, 7) is 9.13. The van der Waals surface area contributed by atoms with E-state index in [9.17, 15) is 43.8 Å². The lowest BCUT2D eigenvalue weighted by atomic mass is 10.0. The van der Waals surface area contributed by atoms with Gasteiger partial charge in [0.25, 0.3) is 0 Å². The molecule has 6 atom stereocenters. The van der Waals surface area contributed by atoms with Crippen LogP contribution in [0.5, 0.6) is 5.75 Å². The van der Waals surface area contributed by atoms with E-state index in [-0.39, 0.29) is 56.7 Å². The number of aromatic hydroxyl groups is 1. The molecule has 296 valence electrons. The average molecular weight is 748 g/mol. The van der Waals surface area contributed by atoms with Gasteiger partial charge in [-0.1, -0.05) is 32.1 Å². The summed E-state index contributed by atoms with van der Waals surface area (Å²) < 4.78 is 0. The molecule has 1 rings (SSSR count). The van der Waals surface area contributed by atoms with Crippen molar-refractivity contribution in [2.75, 3.05) is 13.1 Å². The first-order chi connectivity index (χ1) is 25.0. The third-order valence-corrected chi connectivity index (χ3v) is 7.96. The number of hydrogen-bond acceptors (Lipinski definition) is 10.